The first-order valence-electron chi connectivity index (χ1n) is 11.5. The van der Waals surface area contributed by atoms with Crippen LogP contribution in [0.1, 0.15) is 35.5 Å². The Kier molecular flexibility index (Phi) is 7.46. The van der Waals surface area contributed by atoms with Crippen molar-refractivity contribution in [2.45, 2.75) is 26.0 Å². The second-order valence-corrected chi connectivity index (χ2v) is 14.4. The number of hydrogen-bond donors (Lipinski definition) is 4. The predicted molar refractivity (Wildman–Crippen MR) is 141 cm³/mol. The van der Waals surface area contributed by atoms with Crippen LogP contribution >= 0.6 is 18.8 Å². The maximum atomic E-state index is 14.9. The molecule has 0 unspecified atom stereocenters. The Morgan fingerprint density at radius 1 is 1.22 bits per heavy atom. The second-order valence-electron chi connectivity index (χ2n) is 9.79. The minimum Gasteiger partial charge on any atom is -0.386 e. The first kappa shape index (κ1) is 26.6. The van der Waals surface area contributed by atoms with Crippen LogP contribution in [0.2, 0.25) is 0 Å². The van der Waals surface area contributed by atoms with Crippen LogP contribution < -0.4 is 11.1 Å². The average Bonchev–Trinajstić information content (AvgIpc) is 3.18. The average molecular weight is 536 g/mol. The molecular weight excluding hydrogens is 505 g/mol. The van der Waals surface area contributed by atoms with Crippen LogP contribution in [0.15, 0.2) is 36.4 Å². The Morgan fingerprint density at radius 2 is 1.86 bits per heavy atom. The fraction of sp³-hybridized carbons (Fsp3) is 0.360. The Hall–Kier alpha value is -2.49. The van der Waals surface area contributed by atoms with Crippen molar-refractivity contribution in [3.05, 3.63) is 64.9 Å². The highest BCUT2D eigenvalue weighted by atomic mass is 32.1. The van der Waals surface area contributed by atoms with Gasteiger partial charge >= 0.3 is 0 Å². The molecule has 36 heavy (non-hydrogen) atoms. The van der Waals surface area contributed by atoms with Crippen LogP contribution in [0.4, 0.5) is 19.6 Å². The van der Waals surface area contributed by atoms with Crippen molar-refractivity contribution in [1.82, 2.24) is 9.88 Å². The number of primary amides is 1. The largest absolute Gasteiger partial charge is 0.386 e. The lowest BCUT2D eigenvalue weighted by Gasteiger charge is -2.36. The van der Waals surface area contributed by atoms with Gasteiger partial charge in [0.25, 0.3) is 5.91 Å². The number of nitrogens with zero attached hydrogens (tertiary/aromatic N) is 2. The number of pyridine rings is 1. The number of thiophene rings is 1. The Bertz CT molecular complexity index is 1260. The molecule has 1 fully saturated rings. The molecule has 2 aromatic heterocycles. The minimum atomic E-state index is -1.77. The van der Waals surface area contributed by atoms with Gasteiger partial charge in [-0.3, -0.25) is 9.69 Å². The summed E-state index contributed by atoms with van der Waals surface area (Å²) in [4.78, 5) is 29.4. The summed E-state index contributed by atoms with van der Waals surface area (Å²) in [5.41, 5.74) is 4.86. The second kappa shape index (κ2) is 10.1. The van der Waals surface area contributed by atoms with E-state index in [0.29, 0.717) is 17.4 Å². The lowest BCUT2D eigenvalue weighted by atomic mass is 9.96. The molecule has 1 aliphatic heterocycles. The van der Waals surface area contributed by atoms with Gasteiger partial charge in [-0.25, -0.2) is 13.8 Å². The van der Waals surface area contributed by atoms with Crippen LogP contribution in [-0.2, 0) is 12.1 Å². The van der Waals surface area contributed by atoms with Crippen LogP contribution in [0.25, 0.3) is 10.4 Å². The normalized spacial score (nSPS) is 16.2. The van der Waals surface area contributed by atoms with Gasteiger partial charge in [-0.05, 0) is 76.2 Å². The molecule has 0 bridgehead atoms. The first-order chi connectivity index (χ1) is 16.8. The first-order valence-corrected chi connectivity index (χ1v) is 14.9. The highest BCUT2D eigenvalue weighted by Crippen LogP contribution is 2.51. The van der Waals surface area contributed by atoms with E-state index in [4.69, 9.17) is 5.73 Å². The topological polar surface area (TPSA) is 112 Å². The summed E-state index contributed by atoms with van der Waals surface area (Å²) in [5.74, 6) is -1.97. The van der Waals surface area contributed by atoms with E-state index in [9.17, 15) is 23.6 Å². The number of nitrogens with two attached hydrogens (primary N) is 1. The maximum absolute atomic E-state index is 14.9. The molecule has 1 saturated heterocycles. The third-order valence-corrected chi connectivity index (χ3v) is 9.62. The number of rotatable bonds is 7. The van der Waals surface area contributed by atoms with Crippen LogP contribution in [-0.4, -0.2) is 57.9 Å². The van der Waals surface area contributed by atoms with Crippen molar-refractivity contribution in [1.29, 1.82) is 0 Å². The summed E-state index contributed by atoms with van der Waals surface area (Å²) in [5, 5.41) is 13.5. The molecule has 0 atom stereocenters. The van der Waals surface area contributed by atoms with E-state index in [0.717, 1.165) is 54.6 Å². The summed E-state index contributed by atoms with van der Waals surface area (Å²) in [6.07, 6.45) is 1.60. The standard InChI is InChI=1S/C25H30F2N4O3PS/c1-25(2,33)15-11-18(26)22(19(27)12-15)20-13-17(23(28)32)24(36-20)30-21-6-4-5-16(29-21)14-31-7-9-35(3,34)10-8-31/h4-6,11-13,33-34H,7-10,14H2,1-3H3,(H2,28,32)(H,29,30). The molecular formula is C25H30F2N4O3PS. The molecule has 0 saturated carbocycles. The number of amides is 1. The Labute approximate surface area is 213 Å². The summed E-state index contributed by atoms with van der Waals surface area (Å²) in [7, 11) is -1.77. The zero-order chi connectivity index (χ0) is 26.3. The molecule has 1 aliphatic rings. The maximum Gasteiger partial charge on any atom is 0.251 e. The van der Waals surface area contributed by atoms with Gasteiger partial charge in [-0.1, -0.05) is 6.07 Å². The molecule has 193 valence electrons. The zero-order valence-electron chi connectivity index (χ0n) is 20.4. The fourth-order valence-electron chi connectivity index (χ4n) is 4.03. The van der Waals surface area contributed by atoms with Crippen LogP contribution in [0.3, 0.4) is 0 Å². The molecule has 1 radical (unpaired) electrons. The predicted octanol–water partition coefficient (Wildman–Crippen LogP) is 4.53. The highest BCUT2D eigenvalue weighted by Gasteiger charge is 2.26. The van der Waals surface area contributed by atoms with Gasteiger partial charge in [0.1, 0.15) is 22.5 Å². The number of nitrogens with one attached hydrogen (secondary N) is 1. The Balaban J connectivity index is 1.59. The lowest BCUT2D eigenvalue weighted by Crippen LogP contribution is -2.36. The summed E-state index contributed by atoms with van der Waals surface area (Å²) < 4.78 is 29.8. The molecule has 11 heteroatoms. The highest BCUT2D eigenvalue weighted by molar-refractivity contribution is 7.69. The van der Waals surface area contributed by atoms with Crippen molar-refractivity contribution in [2.75, 3.05) is 37.4 Å². The molecule has 5 N–H and O–H groups in total. The van der Waals surface area contributed by atoms with Gasteiger partial charge in [0, 0.05) is 24.5 Å². The van der Waals surface area contributed by atoms with Crippen molar-refractivity contribution in [2.24, 2.45) is 5.73 Å². The third kappa shape index (κ3) is 6.07. The zero-order valence-corrected chi connectivity index (χ0v) is 22.1. The SMILES string of the molecule is CC(C)(O)c1cc(F)c(-c2cc(C(N)=O)c(Nc3cccc(CN4CC[P](C)(O)CC4)n3)s2)c(F)c1. The van der Waals surface area contributed by atoms with E-state index < -0.39 is 30.6 Å². The molecule has 1 amide bonds. The quantitative estimate of drug-likeness (QED) is 0.331. The number of carbonyl (C=O) groups is 1. The fourth-order valence-corrected chi connectivity index (χ4v) is 6.80. The van der Waals surface area contributed by atoms with E-state index in [-0.39, 0.29) is 21.6 Å². The van der Waals surface area contributed by atoms with Gasteiger partial charge in [-0.2, -0.15) is 0 Å². The third-order valence-electron chi connectivity index (χ3n) is 6.22. The van der Waals surface area contributed by atoms with E-state index in [1.165, 1.54) is 19.9 Å². The van der Waals surface area contributed by atoms with Gasteiger partial charge in [0.05, 0.1) is 22.4 Å². The molecule has 3 aromatic rings. The summed E-state index contributed by atoms with van der Waals surface area (Å²) in [6, 6.07) is 9.00. The van der Waals surface area contributed by atoms with Crippen molar-refractivity contribution >= 4 is 35.6 Å². The molecule has 0 aliphatic carbocycles. The van der Waals surface area contributed by atoms with Gasteiger partial charge in [-0.15, -0.1) is 11.3 Å². The van der Waals surface area contributed by atoms with E-state index in [1.54, 1.807) is 6.07 Å². The molecule has 4 rings (SSSR count). The van der Waals surface area contributed by atoms with Gasteiger partial charge < -0.3 is 21.1 Å². The number of aromatic nitrogens is 1. The number of benzene rings is 1. The smallest absolute Gasteiger partial charge is 0.251 e. The van der Waals surface area contributed by atoms with E-state index in [1.807, 2.05) is 18.8 Å². The summed E-state index contributed by atoms with van der Waals surface area (Å²) in [6.45, 7) is 7.08. The monoisotopic (exact) mass is 535 g/mol. The molecule has 3 heterocycles. The van der Waals surface area contributed by atoms with Crippen molar-refractivity contribution < 1.29 is 23.6 Å². The number of aliphatic hydroxyl groups is 1. The molecule has 7 nitrogen and oxygen atoms in total. The van der Waals surface area contributed by atoms with Crippen molar-refractivity contribution in [3.8, 4) is 10.4 Å². The lowest BCUT2D eigenvalue weighted by molar-refractivity contribution is 0.0778. The van der Waals surface area contributed by atoms with Crippen molar-refractivity contribution in [3.63, 3.8) is 0 Å². The number of anilines is 2. The summed E-state index contributed by atoms with van der Waals surface area (Å²) >= 11 is 0.990. The van der Waals surface area contributed by atoms with Crippen LogP contribution in [0, 0.1) is 11.6 Å². The Morgan fingerprint density at radius 3 is 2.44 bits per heavy atom. The van der Waals surface area contributed by atoms with Crippen LogP contribution in [0.5, 0.6) is 0 Å². The molecule has 0 spiro atoms. The number of hydrogen-bond acceptors (Lipinski definition) is 7. The van der Waals surface area contributed by atoms with Gasteiger partial charge in [0.15, 0.2) is 0 Å². The number of halogens is 2. The van der Waals surface area contributed by atoms with Gasteiger partial charge in [0.2, 0.25) is 0 Å². The van der Waals surface area contributed by atoms with E-state index in [2.05, 4.69) is 15.2 Å². The van der Waals surface area contributed by atoms with E-state index >= 15 is 0 Å². The number of carbonyl (C=O) groups excluding carboxylic acids is 1. The molecule has 1 aromatic carbocycles. The minimum absolute atomic E-state index is 0.0924.